The third-order valence-corrected chi connectivity index (χ3v) is 5.87. The standard InChI is InChI=1S/C23H25ClN6O3/c1-5-29(6-2)20-11-18-17(26-23(32)27-18)10-19(20)25-12-15-13(3)28-30(22(15)31)14-7-8-16(24)21(9-14)33-4/h7-12,28H,5-6H2,1-4H3,(H2,26,27,32). The highest BCUT2D eigenvalue weighted by atomic mass is 35.5. The molecule has 0 bridgehead atoms. The molecule has 2 aromatic heterocycles. The third kappa shape index (κ3) is 4.19. The number of benzene rings is 2. The van der Waals surface area contributed by atoms with Crippen molar-refractivity contribution in [1.82, 2.24) is 19.7 Å². The van der Waals surface area contributed by atoms with Gasteiger partial charge in [-0.3, -0.25) is 14.9 Å². The van der Waals surface area contributed by atoms with Crippen molar-refractivity contribution in [1.29, 1.82) is 0 Å². The number of ether oxygens (including phenoxy) is 1. The van der Waals surface area contributed by atoms with Crippen LogP contribution >= 0.6 is 11.6 Å². The van der Waals surface area contributed by atoms with Crippen LogP contribution in [0.5, 0.6) is 5.75 Å². The van der Waals surface area contributed by atoms with Gasteiger partial charge in [0.25, 0.3) is 5.56 Å². The molecule has 0 radical (unpaired) electrons. The number of methoxy groups -OCH3 is 1. The van der Waals surface area contributed by atoms with Gasteiger partial charge in [0.1, 0.15) is 5.75 Å². The van der Waals surface area contributed by atoms with Crippen LogP contribution in [0, 0.1) is 6.92 Å². The molecule has 2 heterocycles. The van der Waals surface area contributed by atoms with E-state index in [1.165, 1.54) is 11.8 Å². The number of anilines is 1. The Labute approximate surface area is 194 Å². The lowest BCUT2D eigenvalue weighted by Crippen LogP contribution is -2.22. The Morgan fingerprint density at radius 3 is 2.48 bits per heavy atom. The molecular formula is C23H25ClN6O3. The van der Waals surface area contributed by atoms with Gasteiger partial charge in [0.15, 0.2) is 0 Å². The maximum atomic E-state index is 13.1. The Bertz CT molecular complexity index is 1460. The van der Waals surface area contributed by atoms with Crippen LogP contribution in [0.15, 0.2) is 44.9 Å². The second-order valence-electron chi connectivity index (χ2n) is 7.51. The third-order valence-electron chi connectivity index (χ3n) is 5.56. The topological polar surface area (TPSA) is 111 Å². The summed E-state index contributed by atoms with van der Waals surface area (Å²) in [5.41, 5.74) is 4.04. The summed E-state index contributed by atoms with van der Waals surface area (Å²) in [5, 5.41) is 3.54. The van der Waals surface area contributed by atoms with Crippen molar-refractivity contribution < 1.29 is 4.74 Å². The second kappa shape index (κ2) is 9.03. The van der Waals surface area contributed by atoms with Gasteiger partial charge in [-0.25, -0.2) is 9.48 Å². The number of hydrogen-bond donors (Lipinski definition) is 3. The lowest BCUT2D eigenvalue weighted by atomic mass is 10.2. The molecule has 0 fully saturated rings. The highest BCUT2D eigenvalue weighted by Crippen LogP contribution is 2.32. The Morgan fingerprint density at radius 2 is 1.82 bits per heavy atom. The number of nitrogens with zero attached hydrogens (tertiary/aromatic N) is 3. The van der Waals surface area contributed by atoms with Gasteiger partial charge in [-0.1, -0.05) is 11.6 Å². The Hall–Kier alpha value is -3.72. The number of hydrogen-bond acceptors (Lipinski definition) is 5. The highest BCUT2D eigenvalue weighted by molar-refractivity contribution is 6.32. The minimum absolute atomic E-state index is 0.249. The van der Waals surface area contributed by atoms with Crippen LogP contribution in [0.2, 0.25) is 5.02 Å². The summed E-state index contributed by atoms with van der Waals surface area (Å²) in [6.07, 6.45) is 1.55. The summed E-state index contributed by atoms with van der Waals surface area (Å²) in [7, 11) is 1.52. The highest BCUT2D eigenvalue weighted by Gasteiger charge is 2.15. The minimum Gasteiger partial charge on any atom is -0.495 e. The van der Waals surface area contributed by atoms with Gasteiger partial charge < -0.3 is 19.6 Å². The normalized spacial score (nSPS) is 11.5. The van der Waals surface area contributed by atoms with Gasteiger partial charge in [0.05, 0.1) is 45.8 Å². The van der Waals surface area contributed by atoms with Gasteiger partial charge in [0.2, 0.25) is 0 Å². The molecular weight excluding hydrogens is 444 g/mol. The van der Waals surface area contributed by atoms with Gasteiger partial charge in [-0.05, 0) is 45.0 Å². The van der Waals surface area contributed by atoms with Crippen LogP contribution in [0.25, 0.3) is 16.7 Å². The Kier molecular flexibility index (Phi) is 6.15. The van der Waals surface area contributed by atoms with Crippen molar-refractivity contribution in [3.63, 3.8) is 0 Å². The van der Waals surface area contributed by atoms with E-state index in [1.807, 2.05) is 19.1 Å². The number of fused-ring (bicyclic) bond motifs is 1. The van der Waals surface area contributed by atoms with E-state index in [4.69, 9.17) is 16.3 Å². The molecule has 33 heavy (non-hydrogen) atoms. The van der Waals surface area contributed by atoms with E-state index in [2.05, 4.69) is 38.8 Å². The van der Waals surface area contributed by atoms with E-state index in [-0.39, 0.29) is 11.2 Å². The maximum absolute atomic E-state index is 13.1. The predicted molar refractivity (Wildman–Crippen MR) is 132 cm³/mol. The molecule has 10 heteroatoms. The fourth-order valence-corrected chi connectivity index (χ4v) is 3.99. The van der Waals surface area contributed by atoms with Crippen molar-refractivity contribution in [3.05, 3.63) is 67.4 Å². The Morgan fingerprint density at radius 1 is 1.12 bits per heavy atom. The molecule has 4 aromatic rings. The molecule has 0 spiro atoms. The van der Waals surface area contributed by atoms with Crippen molar-refractivity contribution in [2.24, 2.45) is 4.99 Å². The molecule has 0 aliphatic heterocycles. The summed E-state index contributed by atoms with van der Waals surface area (Å²) >= 11 is 6.11. The number of aliphatic imine (C=N–C) groups is 1. The molecule has 0 saturated heterocycles. The monoisotopic (exact) mass is 468 g/mol. The van der Waals surface area contributed by atoms with Gasteiger partial charge in [0, 0.05) is 31.1 Å². The van der Waals surface area contributed by atoms with Crippen molar-refractivity contribution >= 4 is 40.2 Å². The number of aromatic amines is 3. The summed E-state index contributed by atoms with van der Waals surface area (Å²) in [5.74, 6) is 0.473. The number of halogens is 1. The lowest BCUT2D eigenvalue weighted by molar-refractivity contribution is 0.414. The molecule has 4 rings (SSSR count). The zero-order valence-electron chi connectivity index (χ0n) is 18.8. The average molecular weight is 469 g/mol. The number of aromatic nitrogens is 4. The van der Waals surface area contributed by atoms with E-state index < -0.39 is 0 Å². The van der Waals surface area contributed by atoms with E-state index in [1.54, 1.807) is 24.4 Å². The molecule has 0 aliphatic carbocycles. The van der Waals surface area contributed by atoms with E-state index in [0.29, 0.717) is 44.4 Å². The second-order valence-corrected chi connectivity index (χ2v) is 7.91. The number of imidazole rings is 1. The summed E-state index contributed by atoms with van der Waals surface area (Å²) in [4.78, 5) is 37.3. The van der Waals surface area contributed by atoms with Crippen LogP contribution in [-0.2, 0) is 0 Å². The largest absolute Gasteiger partial charge is 0.495 e. The quantitative estimate of drug-likeness (QED) is 0.357. The molecule has 2 aromatic carbocycles. The smallest absolute Gasteiger partial charge is 0.323 e. The Balaban J connectivity index is 1.79. The molecule has 0 atom stereocenters. The van der Waals surface area contributed by atoms with Gasteiger partial charge in [-0.2, -0.15) is 0 Å². The van der Waals surface area contributed by atoms with E-state index >= 15 is 0 Å². The van der Waals surface area contributed by atoms with Crippen molar-refractivity contribution in [2.75, 3.05) is 25.1 Å². The zero-order chi connectivity index (χ0) is 23.7. The summed E-state index contributed by atoms with van der Waals surface area (Å²) in [6.45, 7) is 7.46. The fourth-order valence-electron chi connectivity index (χ4n) is 3.80. The summed E-state index contributed by atoms with van der Waals surface area (Å²) in [6, 6.07) is 8.81. The van der Waals surface area contributed by atoms with Crippen LogP contribution in [0.3, 0.4) is 0 Å². The van der Waals surface area contributed by atoms with Crippen LogP contribution in [-0.4, -0.2) is 46.2 Å². The van der Waals surface area contributed by atoms with Crippen LogP contribution < -0.4 is 20.9 Å². The van der Waals surface area contributed by atoms with E-state index in [9.17, 15) is 9.59 Å². The SMILES string of the molecule is CCN(CC)c1cc2[nH]c(=O)[nH]c2cc1N=Cc1c(C)[nH]n(-c2ccc(Cl)c(OC)c2)c1=O. The first-order valence-electron chi connectivity index (χ1n) is 10.6. The van der Waals surface area contributed by atoms with Crippen molar-refractivity contribution in [2.45, 2.75) is 20.8 Å². The zero-order valence-corrected chi connectivity index (χ0v) is 19.6. The molecule has 0 aliphatic rings. The maximum Gasteiger partial charge on any atom is 0.323 e. The average Bonchev–Trinajstić information content (AvgIpc) is 3.30. The number of nitrogens with one attached hydrogen (secondary N) is 3. The first kappa shape index (κ1) is 22.5. The molecule has 0 saturated carbocycles. The first-order chi connectivity index (χ1) is 15.9. The van der Waals surface area contributed by atoms with Gasteiger partial charge in [-0.15, -0.1) is 0 Å². The van der Waals surface area contributed by atoms with Gasteiger partial charge >= 0.3 is 5.69 Å². The molecule has 0 unspecified atom stereocenters. The minimum atomic E-state index is -0.278. The lowest BCUT2D eigenvalue weighted by Gasteiger charge is -2.22. The molecule has 0 amide bonds. The molecule has 3 N–H and O–H groups in total. The number of rotatable bonds is 7. The van der Waals surface area contributed by atoms with Crippen LogP contribution in [0.4, 0.5) is 11.4 Å². The number of H-pyrrole nitrogens is 3. The fraction of sp³-hybridized carbons (Fsp3) is 0.261. The molecule has 172 valence electrons. The summed E-state index contributed by atoms with van der Waals surface area (Å²) < 4.78 is 6.69. The molecule has 9 nitrogen and oxygen atoms in total. The van der Waals surface area contributed by atoms with Crippen molar-refractivity contribution in [3.8, 4) is 11.4 Å². The first-order valence-corrected chi connectivity index (χ1v) is 10.9. The van der Waals surface area contributed by atoms with Crippen LogP contribution in [0.1, 0.15) is 25.1 Å². The number of aryl methyl sites for hydroxylation is 1. The predicted octanol–water partition coefficient (Wildman–Crippen LogP) is 3.90. The van der Waals surface area contributed by atoms with E-state index in [0.717, 1.165) is 18.8 Å².